The van der Waals surface area contributed by atoms with Gasteiger partial charge < -0.3 is 4.42 Å². The van der Waals surface area contributed by atoms with Crippen LogP contribution in [-0.2, 0) is 10.0 Å². The van der Waals surface area contributed by atoms with Crippen molar-refractivity contribution in [2.24, 2.45) is 0 Å². The lowest BCUT2D eigenvalue weighted by atomic mass is 10.00. The number of hydrogen-bond acceptors (Lipinski definition) is 5. The molecule has 2 aromatic rings. The molecule has 1 atom stereocenters. The van der Waals surface area contributed by atoms with Crippen LogP contribution in [0, 0.1) is 5.82 Å². The maximum Gasteiger partial charge on any atom is 0.250 e. The van der Waals surface area contributed by atoms with E-state index in [9.17, 15) is 12.8 Å². The fourth-order valence-electron chi connectivity index (χ4n) is 2.59. The second kappa shape index (κ2) is 5.77. The van der Waals surface area contributed by atoms with Crippen LogP contribution in [-0.4, -0.2) is 42.3 Å². The third kappa shape index (κ3) is 3.02. The molecule has 22 heavy (non-hydrogen) atoms. The topological polar surface area (TPSA) is 76.3 Å². The van der Waals surface area contributed by atoms with Gasteiger partial charge in [0, 0.05) is 13.1 Å². The lowest BCUT2D eigenvalue weighted by Crippen LogP contribution is -2.38. The molecule has 118 valence electrons. The van der Waals surface area contributed by atoms with E-state index in [-0.39, 0.29) is 17.4 Å². The first-order valence-electron chi connectivity index (χ1n) is 6.98. The number of rotatable bonds is 3. The van der Waals surface area contributed by atoms with E-state index in [1.165, 1.54) is 16.6 Å². The number of hydrogen-bond donors (Lipinski definition) is 0. The zero-order chi connectivity index (χ0) is 15.7. The number of nitrogens with zero attached hydrogens (tertiary/aromatic N) is 3. The quantitative estimate of drug-likeness (QED) is 0.863. The first kappa shape index (κ1) is 15.1. The molecule has 1 aliphatic heterocycles. The number of halogens is 1. The zero-order valence-electron chi connectivity index (χ0n) is 12.1. The normalized spacial score (nSPS) is 20.2. The molecular formula is C14H16FN3O3S. The Hall–Kier alpha value is -1.80. The average Bonchev–Trinajstić information content (AvgIpc) is 2.97. The summed E-state index contributed by atoms with van der Waals surface area (Å²) in [4.78, 5) is 0. The van der Waals surface area contributed by atoms with Crippen LogP contribution in [0.25, 0.3) is 11.5 Å². The van der Waals surface area contributed by atoms with Crippen molar-refractivity contribution in [3.8, 4) is 11.5 Å². The Kier molecular flexibility index (Phi) is 3.96. The SMILES string of the molecule is CS(=O)(=O)N1CCCC(c2nnc(-c3ccccc3F)o2)C1. The van der Waals surface area contributed by atoms with E-state index in [1.807, 2.05) is 0 Å². The lowest BCUT2D eigenvalue weighted by Gasteiger charge is -2.28. The van der Waals surface area contributed by atoms with Crippen LogP contribution in [0.15, 0.2) is 28.7 Å². The molecule has 6 nitrogen and oxygen atoms in total. The second-order valence-corrected chi connectivity index (χ2v) is 7.37. The van der Waals surface area contributed by atoms with Crippen molar-refractivity contribution in [2.45, 2.75) is 18.8 Å². The van der Waals surface area contributed by atoms with Crippen LogP contribution < -0.4 is 0 Å². The fraction of sp³-hybridized carbons (Fsp3) is 0.429. The smallest absolute Gasteiger partial charge is 0.250 e. The van der Waals surface area contributed by atoms with E-state index in [0.29, 0.717) is 19.0 Å². The molecule has 0 spiro atoms. The summed E-state index contributed by atoms with van der Waals surface area (Å²) in [7, 11) is -3.24. The summed E-state index contributed by atoms with van der Waals surface area (Å²) >= 11 is 0. The number of sulfonamides is 1. The number of aromatic nitrogens is 2. The molecule has 0 N–H and O–H groups in total. The Balaban J connectivity index is 1.84. The summed E-state index contributed by atoms with van der Waals surface area (Å²) in [5.74, 6) is -0.119. The van der Waals surface area contributed by atoms with Crippen molar-refractivity contribution in [3.63, 3.8) is 0 Å². The van der Waals surface area contributed by atoms with Gasteiger partial charge in [0.15, 0.2) is 0 Å². The average molecular weight is 325 g/mol. The molecule has 0 bridgehead atoms. The first-order valence-corrected chi connectivity index (χ1v) is 8.83. The van der Waals surface area contributed by atoms with E-state index < -0.39 is 15.8 Å². The van der Waals surface area contributed by atoms with Crippen molar-refractivity contribution in [1.82, 2.24) is 14.5 Å². The molecule has 1 fully saturated rings. The summed E-state index contributed by atoms with van der Waals surface area (Å²) in [5, 5.41) is 7.85. The van der Waals surface area contributed by atoms with Crippen LogP contribution in [0.4, 0.5) is 4.39 Å². The minimum absolute atomic E-state index is 0.115. The molecule has 1 aromatic carbocycles. The Bertz CT molecular complexity index is 775. The van der Waals surface area contributed by atoms with Crippen molar-refractivity contribution in [3.05, 3.63) is 36.0 Å². The Morgan fingerprint density at radius 3 is 2.82 bits per heavy atom. The minimum atomic E-state index is -3.24. The molecule has 3 rings (SSSR count). The van der Waals surface area contributed by atoms with Gasteiger partial charge in [-0.15, -0.1) is 10.2 Å². The summed E-state index contributed by atoms with van der Waals surface area (Å²) in [6.45, 7) is 0.821. The zero-order valence-corrected chi connectivity index (χ0v) is 12.9. The summed E-state index contributed by atoms with van der Waals surface area (Å²) in [6.07, 6.45) is 2.69. The minimum Gasteiger partial charge on any atom is -0.420 e. The number of piperidine rings is 1. The van der Waals surface area contributed by atoms with Gasteiger partial charge in [-0.25, -0.2) is 17.1 Å². The molecule has 1 saturated heterocycles. The van der Waals surface area contributed by atoms with Gasteiger partial charge in [-0.3, -0.25) is 0 Å². The lowest BCUT2D eigenvalue weighted by molar-refractivity contribution is 0.287. The van der Waals surface area contributed by atoms with Crippen LogP contribution in [0.1, 0.15) is 24.7 Å². The molecule has 8 heteroatoms. The number of benzene rings is 1. The molecule has 0 radical (unpaired) electrons. The van der Waals surface area contributed by atoms with Crippen LogP contribution in [0.3, 0.4) is 0 Å². The van der Waals surface area contributed by atoms with Gasteiger partial charge in [0.05, 0.1) is 17.7 Å². The molecule has 1 aromatic heterocycles. The largest absolute Gasteiger partial charge is 0.420 e. The Morgan fingerprint density at radius 2 is 2.09 bits per heavy atom. The molecule has 0 amide bonds. The van der Waals surface area contributed by atoms with Crippen molar-refractivity contribution < 1.29 is 17.2 Å². The van der Waals surface area contributed by atoms with E-state index in [0.717, 1.165) is 12.8 Å². The third-order valence-electron chi connectivity index (χ3n) is 3.75. The molecular weight excluding hydrogens is 309 g/mol. The van der Waals surface area contributed by atoms with Gasteiger partial charge in [0.1, 0.15) is 5.82 Å². The maximum absolute atomic E-state index is 13.7. The maximum atomic E-state index is 13.7. The first-order chi connectivity index (χ1) is 10.4. The predicted molar refractivity (Wildman–Crippen MR) is 78.1 cm³/mol. The molecule has 0 aliphatic carbocycles. The molecule has 0 saturated carbocycles. The van der Waals surface area contributed by atoms with Crippen molar-refractivity contribution >= 4 is 10.0 Å². The van der Waals surface area contributed by atoms with Crippen molar-refractivity contribution in [2.75, 3.05) is 19.3 Å². The Labute approximate surface area is 128 Å². The van der Waals surface area contributed by atoms with E-state index in [1.54, 1.807) is 18.2 Å². The highest BCUT2D eigenvalue weighted by Gasteiger charge is 2.30. The summed E-state index contributed by atoms with van der Waals surface area (Å²) < 4.78 is 44.0. The second-order valence-electron chi connectivity index (χ2n) is 5.39. The van der Waals surface area contributed by atoms with E-state index in [2.05, 4.69) is 10.2 Å². The summed E-state index contributed by atoms with van der Waals surface area (Å²) in [5.41, 5.74) is 0.247. The van der Waals surface area contributed by atoms with Gasteiger partial charge in [0.25, 0.3) is 5.89 Å². The fourth-order valence-corrected chi connectivity index (χ4v) is 3.50. The van der Waals surface area contributed by atoms with Crippen LogP contribution >= 0.6 is 0 Å². The van der Waals surface area contributed by atoms with E-state index >= 15 is 0 Å². The van der Waals surface area contributed by atoms with Crippen molar-refractivity contribution in [1.29, 1.82) is 0 Å². The molecule has 1 unspecified atom stereocenters. The van der Waals surface area contributed by atoms with Gasteiger partial charge in [0.2, 0.25) is 15.9 Å². The van der Waals surface area contributed by atoms with Gasteiger partial charge in [-0.1, -0.05) is 12.1 Å². The highest BCUT2D eigenvalue weighted by Crippen LogP contribution is 2.29. The predicted octanol–water partition coefficient (Wildman–Crippen LogP) is 2.01. The molecule has 1 aliphatic rings. The van der Waals surface area contributed by atoms with E-state index in [4.69, 9.17) is 4.42 Å². The monoisotopic (exact) mass is 325 g/mol. The van der Waals surface area contributed by atoms with Gasteiger partial charge >= 0.3 is 0 Å². The Morgan fingerprint density at radius 1 is 1.32 bits per heavy atom. The van der Waals surface area contributed by atoms with Gasteiger partial charge in [-0.2, -0.15) is 0 Å². The summed E-state index contributed by atoms with van der Waals surface area (Å²) in [6, 6.07) is 6.16. The van der Waals surface area contributed by atoms with Crippen LogP contribution in [0.2, 0.25) is 0 Å². The highest BCUT2D eigenvalue weighted by atomic mass is 32.2. The highest BCUT2D eigenvalue weighted by molar-refractivity contribution is 7.88. The van der Waals surface area contributed by atoms with Gasteiger partial charge in [-0.05, 0) is 25.0 Å². The third-order valence-corrected chi connectivity index (χ3v) is 5.02. The molecule has 2 heterocycles. The van der Waals surface area contributed by atoms with Crippen LogP contribution in [0.5, 0.6) is 0 Å². The standard InChI is InChI=1S/C14H16FN3O3S/c1-22(19,20)18-8-4-5-10(9-18)13-16-17-14(21-13)11-6-2-3-7-12(11)15/h2-3,6-7,10H,4-5,8-9H2,1H3.